The minimum Gasteiger partial charge on any atom is -0.295 e. The highest BCUT2D eigenvalue weighted by molar-refractivity contribution is 9.10. The summed E-state index contributed by atoms with van der Waals surface area (Å²) in [5.41, 5.74) is 4.61. The molecule has 1 N–H and O–H groups in total. The molecule has 0 saturated carbocycles. The third kappa shape index (κ3) is 4.66. The predicted octanol–water partition coefficient (Wildman–Crippen LogP) is 5.65. The molecule has 1 fully saturated rings. The topological polar surface area (TPSA) is 66.5 Å². The first-order valence-electron chi connectivity index (χ1n) is 9.64. The van der Waals surface area contributed by atoms with Gasteiger partial charge in [-0.25, -0.2) is 8.42 Å². The zero-order valence-electron chi connectivity index (χ0n) is 17.0. The van der Waals surface area contributed by atoms with Gasteiger partial charge in [0.05, 0.1) is 10.6 Å². The first-order valence-corrected chi connectivity index (χ1v) is 13.0. The number of hydrogen-bond donors (Lipinski definition) is 1. The van der Waals surface area contributed by atoms with E-state index in [-0.39, 0.29) is 16.2 Å². The summed E-state index contributed by atoms with van der Waals surface area (Å²) in [4.78, 5) is 14.6. The number of sulfonamides is 1. The van der Waals surface area contributed by atoms with E-state index in [2.05, 4.69) is 20.7 Å². The number of thioether (sulfide) groups is 1. The molecule has 5 nitrogen and oxygen atoms in total. The van der Waals surface area contributed by atoms with Gasteiger partial charge >= 0.3 is 0 Å². The minimum absolute atomic E-state index is 0.0678. The van der Waals surface area contributed by atoms with Gasteiger partial charge in [0.1, 0.15) is 5.37 Å². The van der Waals surface area contributed by atoms with Crippen LogP contribution in [0.25, 0.3) is 0 Å². The summed E-state index contributed by atoms with van der Waals surface area (Å²) in [6, 6.07) is 19.7. The van der Waals surface area contributed by atoms with Crippen molar-refractivity contribution in [1.82, 2.24) is 0 Å². The van der Waals surface area contributed by atoms with Gasteiger partial charge in [-0.3, -0.25) is 14.4 Å². The Balaban J connectivity index is 1.56. The normalized spacial score (nSPS) is 16.5. The molecule has 0 spiro atoms. The number of halogens is 1. The summed E-state index contributed by atoms with van der Waals surface area (Å²) < 4.78 is 28.6. The van der Waals surface area contributed by atoms with Crippen molar-refractivity contribution in [3.63, 3.8) is 0 Å². The first-order chi connectivity index (χ1) is 14.7. The van der Waals surface area contributed by atoms with Crippen LogP contribution in [0, 0.1) is 13.8 Å². The third-order valence-corrected chi connectivity index (χ3v) is 8.35. The van der Waals surface area contributed by atoms with E-state index in [4.69, 9.17) is 0 Å². The van der Waals surface area contributed by atoms with Crippen LogP contribution in [0.1, 0.15) is 22.1 Å². The van der Waals surface area contributed by atoms with Crippen LogP contribution in [-0.2, 0) is 14.8 Å². The van der Waals surface area contributed by atoms with Crippen molar-refractivity contribution in [2.24, 2.45) is 0 Å². The Hall–Kier alpha value is -2.29. The summed E-state index contributed by atoms with van der Waals surface area (Å²) >= 11 is 4.87. The average molecular weight is 517 g/mol. The molecule has 4 rings (SSSR count). The monoisotopic (exact) mass is 516 g/mol. The maximum atomic E-state index is 12.6. The second-order valence-electron chi connectivity index (χ2n) is 7.38. The summed E-state index contributed by atoms with van der Waals surface area (Å²) in [5.74, 6) is 0.480. The smallest absolute Gasteiger partial charge is 0.261 e. The molecule has 1 aliphatic heterocycles. The largest absolute Gasteiger partial charge is 0.295 e. The number of amides is 1. The van der Waals surface area contributed by atoms with E-state index in [9.17, 15) is 13.2 Å². The number of carbonyl (C=O) groups excluding carboxylic acids is 1. The number of nitrogens with one attached hydrogen (secondary N) is 1. The number of anilines is 2. The SMILES string of the molecule is Cc1ccc(N2C(=O)CSC2c2ccc(NS(=O)(=O)c3ccc(Br)cc3)cc2)cc1C. The zero-order valence-corrected chi connectivity index (χ0v) is 20.2. The third-order valence-electron chi connectivity index (χ3n) is 5.21. The molecule has 1 unspecified atom stereocenters. The number of benzene rings is 3. The molecule has 3 aromatic rings. The molecule has 8 heteroatoms. The molecular weight excluding hydrogens is 496 g/mol. The van der Waals surface area contributed by atoms with Crippen molar-refractivity contribution in [3.8, 4) is 0 Å². The van der Waals surface area contributed by atoms with Gasteiger partial charge in [-0.2, -0.15) is 0 Å². The van der Waals surface area contributed by atoms with E-state index in [1.165, 1.54) is 5.56 Å². The van der Waals surface area contributed by atoms with Gasteiger partial charge in [-0.15, -0.1) is 11.8 Å². The van der Waals surface area contributed by atoms with Crippen molar-refractivity contribution in [2.45, 2.75) is 24.1 Å². The van der Waals surface area contributed by atoms with Crippen LogP contribution in [-0.4, -0.2) is 20.1 Å². The maximum Gasteiger partial charge on any atom is 0.261 e. The summed E-state index contributed by atoms with van der Waals surface area (Å²) in [7, 11) is -3.67. The van der Waals surface area contributed by atoms with E-state index < -0.39 is 10.0 Å². The van der Waals surface area contributed by atoms with Gasteiger partial charge in [-0.05, 0) is 79.1 Å². The van der Waals surface area contributed by atoms with Gasteiger partial charge in [0.15, 0.2) is 0 Å². The molecule has 1 aliphatic rings. The molecule has 1 heterocycles. The Morgan fingerprint density at radius 2 is 1.65 bits per heavy atom. The number of aryl methyl sites for hydroxylation is 2. The van der Waals surface area contributed by atoms with Crippen molar-refractivity contribution in [2.75, 3.05) is 15.4 Å². The standard InChI is InChI=1S/C23H21BrN2O3S2/c1-15-3-10-20(13-16(15)2)26-22(27)14-30-23(26)17-4-8-19(9-5-17)25-31(28,29)21-11-6-18(24)7-12-21/h3-13,23,25H,14H2,1-2H3. The maximum absolute atomic E-state index is 12.6. The zero-order chi connectivity index (χ0) is 22.2. The van der Waals surface area contributed by atoms with Crippen LogP contribution >= 0.6 is 27.7 Å². The lowest BCUT2D eigenvalue weighted by Gasteiger charge is -2.25. The lowest BCUT2D eigenvalue weighted by Crippen LogP contribution is -2.27. The number of nitrogens with zero attached hydrogens (tertiary/aromatic N) is 1. The highest BCUT2D eigenvalue weighted by atomic mass is 79.9. The van der Waals surface area contributed by atoms with Crippen LogP contribution < -0.4 is 9.62 Å². The van der Waals surface area contributed by atoms with Gasteiger partial charge in [-0.1, -0.05) is 34.1 Å². The van der Waals surface area contributed by atoms with Crippen LogP contribution in [0.15, 0.2) is 76.1 Å². The van der Waals surface area contributed by atoms with Crippen molar-refractivity contribution >= 4 is 55.0 Å². The van der Waals surface area contributed by atoms with Crippen molar-refractivity contribution in [1.29, 1.82) is 0 Å². The Morgan fingerprint density at radius 1 is 0.968 bits per heavy atom. The van der Waals surface area contributed by atoms with Crippen molar-refractivity contribution in [3.05, 3.63) is 87.9 Å². The van der Waals surface area contributed by atoms with E-state index in [1.807, 2.05) is 49.1 Å². The first kappa shape index (κ1) is 21.9. The van der Waals surface area contributed by atoms with Gasteiger partial charge in [0, 0.05) is 15.8 Å². The van der Waals surface area contributed by atoms with Crippen LogP contribution in [0.4, 0.5) is 11.4 Å². The quantitative estimate of drug-likeness (QED) is 0.476. The Kier molecular flexibility index (Phi) is 6.14. The molecule has 31 heavy (non-hydrogen) atoms. The number of hydrogen-bond acceptors (Lipinski definition) is 4. The van der Waals surface area contributed by atoms with E-state index >= 15 is 0 Å². The summed E-state index contributed by atoms with van der Waals surface area (Å²) in [5, 5.41) is -0.147. The molecule has 1 saturated heterocycles. The molecule has 0 aromatic heterocycles. The molecule has 1 atom stereocenters. The van der Waals surface area contributed by atoms with Crippen LogP contribution in [0.5, 0.6) is 0 Å². The predicted molar refractivity (Wildman–Crippen MR) is 130 cm³/mol. The fraction of sp³-hybridized carbons (Fsp3) is 0.174. The average Bonchev–Trinajstić information content (AvgIpc) is 3.12. The van der Waals surface area contributed by atoms with Gasteiger partial charge in [0.25, 0.3) is 10.0 Å². The number of carbonyl (C=O) groups is 1. The molecule has 160 valence electrons. The molecule has 0 aliphatic carbocycles. The molecule has 3 aromatic carbocycles. The molecule has 1 amide bonds. The lowest BCUT2D eigenvalue weighted by molar-refractivity contribution is -0.115. The second-order valence-corrected chi connectivity index (χ2v) is 11.0. The van der Waals surface area contributed by atoms with E-state index in [0.717, 1.165) is 21.3 Å². The van der Waals surface area contributed by atoms with E-state index in [1.54, 1.807) is 48.2 Å². The molecule has 0 radical (unpaired) electrons. The van der Waals surface area contributed by atoms with Crippen molar-refractivity contribution < 1.29 is 13.2 Å². The highest BCUT2D eigenvalue weighted by Gasteiger charge is 2.34. The number of rotatable bonds is 5. The lowest BCUT2D eigenvalue weighted by atomic mass is 10.1. The minimum atomic E-state index is -3.67. The summed E-state index contributed by atoms with van der Waals surface area (Å²) in [6.07, 6.45) is 0. The molecular formula is C23H21BrN2O3S2. The Morgan fingerprint density at radius 3 is 2.29 bits per heavy atom. The van der Waals surface area contributed by atoms with Gasteiger partial charge < -0.3 is 0 Å². The van der Waals surface area contributed by atoms with Gasteiger partial charge in [0.2, 0.25) is 5.91 Å². The van der Waals surface area contributed by atoms with Crippen LogP contribution in [0.2, 0.25) is 0 Å². The fourth-order valence-electron chi connectivity index (χ4n) is 3.37. The second kappa shape index (κ2) is 8.68. The highest BCUT2D eigenvalue weighted by Crippen LogP contribution is 2.42. The summed E-state index contributed by atoms with van der Waals surface area (Å²) in [6.45, 7) is 4.08. The molecule has 0 bridgehead atoms. The van der Waals surface area contributed by atoms with E-state index in [0.29, 0.717) is 11.4 Å². The fourth-order valence-corrected chi connectivity index (χ4v) is 5.87. The van der Waals surface area contributed by atoms with Crippen LogP contribution in [0.3, 0.4) is 0 Å². The Labute approximate surface area is 195 Å². The Bertz CT molecular complexity index is 1230.